The molecule has 8 aromatic rings. The topological polar surface area (TPSA) is 29.5 Å². The number of hydrogen-bond donors (Lipinski definition) is 0. The monoisotopic (exact) mass is 489 g/mol. The highest BCUT2D eigenvalue weighted by atomic mass is 16.3. The van der Waals surface area contributed by atoms with E-state index in [4.69, 9.17) is 8.83 Å². The average Bonchev–Trinajstić information content (AvgIpc) is 3.53. The number of hydrogen-bond acceptors (Lipinski definition) is 3. The molecule has 0 saturated heterocycles. The Kier molecular flexibility index (Phi) is 4.44. The van der Waals surface area contributed by atoms with Crippen molar-refractivity contribution in [2.45, 2.75) is 6.92 Å². The molecule has 0 N–H and O–H groups in total. The standard InChI is InChI=1S/C35H23NO2/c1-22-10-8-11-23(20-22)36(30-17-9-16-28-25-13-4-6-18-32(25)38-35(28)30)31-21-29-26-14-5-7-19-33(26)37-34(29)27-15-3-2-12-24(27)31/h2-21H,1H3. The van der Waals surface area contributed by atoms with Gasteiger partial charge in [0, 0.05) is 38.0 Å². The van der Waals surface area contributed by atoms with Crippen LogP contribution in [-0.2, 0) is 0 Å². The van der Waals surface area contributed by atoms with Crippen molar-refractivity contribution in [3.05, 3.63) is 127 Å². The molecule has 38 heavy (non-hydrogen) atoms. The summed E-state index contributed by atoms with van der Waals surface area (Å²) in [4.78, 5) is 2.33. The normalized spacial score (nSPS) is 11.8. The van der Waals surface area contributed by atoms with Crippen molar-refractivity contribution in [2.75, 3.05) is 4.90 Å². The predicted molar refractivity (Wildman–Crippen MR) is 158 cm³/mol. The minimum atomic E-state index is 0.872. The molecular formula is C35H23NO2. The Morgan fingerprint density at radius 3 is 1.79 bits per heavy atom. The third kappa shape index (κ3) is 3.02. The van der Waals surface area contributed by atoms with Gasteiger partial charge in [-0.25, -0.2) is 0 Å². The number of benzene rings is 6. The SMILES string of the molecule is Cc1cccc(N(c2cc3c4ccccc4oc3c3ccccc23)c2cccc3c2oc2ccccc23)c1. The summed E-state index contributed by atoms with van der Waals surface area (Å²) in [7, 11) is 0. The van der Waals surface area contributed by atoms with Gasteiger partial charge in [0.2, 0.25) is 0 Å². The largest absolute Gasteiger partial charge is 0.455 e. The van der Waals surface area contributed by atoms with Crippen LogP contribution in [0, 0.1) is 6.92 Å². The predicted octanol–water partition coefficient (Wildman–Crippen LogP) is 10.4. The summed E-state index contributed by atoms with van der Waals surface area (Å²) in [6.45, 7) is 2.13. The van der Waals surface area contributed by atoms with Crippen LogP contribution in [0.4, 0.5) is 17.1 Å². The first kappa shape index (κ1) is 21.1. The smallest absolute Gasteiger partial charge is 0.159 e. The first-order valence-corrected chi connectivity index (χ1v) is 12.9. The zero-order valence-electron chi connectivity index (χ0n) is 20.8. The highest BCUT2D eigenvalue weighted by molar-refractivity contribution is 6.20. The molecule has 0 bridgehead atoms. The summed E-state index contributed by atoms with van der Waals surface area (Å²) in [5.74, 6) is 0. The van der Waals surface area contributed by atoms with Gasteiger partial charge in [-0.15, -0.1) is 0 Å². The van der Waals surface area contributed by atoms with Gasteiger partial charge < -0.3 is 13.7 Å². The van der Waals surface area contributed by atoms with E-state index in [1.807, 2.05) is 24.3 Å². The van der Waals surface area contributed by atoms with Crippen LogP contribution in [-0.4, -0.2) is 0 Å². The van der Waals surface area contributed by atoms with Crippen molar-refractivity contribution < 1.29 is 8.83 Å². The summed E-state index contributed by atoms with van der Waals surface area (Å²) >= 11 is 0. The fourth-order valence-corrected chi connectivity index (χ4v) is 5.80. The van der Waals surface area contributed by atoms with Crippen LogP contribution >= 0.6 is 0 Å². The number of fused-ring (bicyclic) bond motifs is 8. The van der Waals surface area contributed by atoms with Gasteiger partial charge in [0.15, 0.2) is 5.58 Å². The maximum Gasteiger partial charge on any atom is 0.159 e. The molecule has 0 saturated carbocycles. The number of nitrogens with zero attached hydrogens (tertiary/aromatic N) is 1. The lowest BCUT2D eigenvalue weighted by molar-refractivity contribution is 0.669. The minimum Gasteiger partial charge on any atom is -0.455 e. The van der Waals surface area contributed by atoms with Crippen molar-refractivity contribution >= 4 is 71.7 Å². The second-order valence-electron chi connectivity index (χ2n) is 9.84. The minimum absolute atomic E-state index is 0.872. The summed E-state index contributed by atoms with van der Waals surface area (Å²) in [5, 5.41) is 6.65. The molecular weight excluding hydrogens is 466 g/mol. The van der Waals surface area contributed by atoms with Crippen molar-refractivity contribution in [2.24, 2.45) is 0 Å². The number of anilines is 3. The highest BCUT2D eigenvalue weighted by Crippen LogP contribution is 2.47. The number of furan rings is 2. The molecule has 0 spiro atoms. The van der Waals surface area contributed by atoms with E-state index in [1.54, 1.807) is 0 Å². The van der Waals surface area contributed by atoms with Gasteiger partial charge in [0.1, 0.15) is 16.7 Å². The summed E-state index contributed by atoms with van der Waals surface area (Å²) < 4.78 is 12.9. The van der Waals surface area contributed by atoms with Crippen LogP contribution in [0.5, 0.6) is 0 Å². The quantitative estimate of drug-likeness (QED) is 0.247. The molecule has 0 atom stereocenters. The first-order chi connectivity index (χ1) is 18.8. The van der Waals surface area contributed by atoms with Crippen LogP contribution in [0.25, 0.3) is 54.6 Å². The molecule has 0 amide bonds. The summed E-state index contributed by atoms with van der Waals surface area (Å²) in [5.41, 5.74) is 7.93. The lowest BCUT2D eigenvalue weighted by atomic mass is 10.0. The lowest BCUT2D eigenvalue weighted by Crippen LogP contribution is -2.11. The van der Waals surface area contributed by atoms with E-state index in [2.05, 4.69) is 109 Å². The first-order valence-electron chi connectivity index (χ1n) is 12.9. The molecule has 0 aliphatic rings. The molecule has 180 valence electrons. The van der Waals surface area contributed by atoms with Gasteiger partial charge in [-0.1, -0.05) is 84.9 Å². The molecule has 0 aliphatic carbocycles. The molecule has 2 heterocycles. The fourth-order valence-electron chi connectivity index (χ4n) is 5.80. The Morgan fingerprint density at radius 1 is 0.447 bits per heavy atom. The molecule has 0 radical (unpaired) electrons. The maximum atomic E-state index is 6.53. The Hall–Kier alpha value is -5.02. The zero-order valence-corrected chi connectivity index (χ0v) is 20.8. The van der Waals surface area contributed by atoms with Crippen LogP contribution in [0.2, 0.25) is 0 Å². The Morgan fingerprint density at radius 2 is 1.03 bits per heavy atom. The van der Waals surface area contributed by atoms with E-state index in [0.717, 1.165) is 71.7 Å². The van der Waals surface area contributed by atoms with E-state index in [0.29, 0.717) is 0 Å². The van der Waals surface area contributed by atoms with Crippen molar-refractivity contribution in [3.8, 4) is 0 Å². The van der Waals surface area contributed by atoms with Crippen LogP contribution in [0.3, 0.4) is 0 Å². The summed E-state index contributed by atoms with van der Waals surface area (Å²) in [6.07, 6.45) is 0. The van der Waals surface area contributed by atoms with E-state index in [9.17, 15) is 0 Å². The molecule has 2 aromatic heterocycles. The average molecular weight is 490 g/mol. The molecule has 8 rings (SSSR count). The van der Waals surface area contributed by atoms with Crippen molar-refractivity contribution in [1.82, 2.24) is 0 Å². The molecule has 0 aliphatic heterocycles. The Bertz CT molecular complexity index is 2160. The number of para-hydroxylation sites is 3. The Labute approximate surface area is 219 Å². The van der Waals surface area contributed by atoms with E-state index in [-0.39, 0.29) is 0 Å². The van der Waals surface area contributed by atoms with Gasteiger partial charge in [-0.3, -0.25) is 0 Å². The fraction of sp³-hybridized carbons (Fsp3) is 0.0286. The summed E-state index contributed by atoms with van der Waals surface area (Å²) in [6, 6.07) is 42.4. The molecule has 0 fully saturated rings. The van der Waals surface area contributed by atoms with Gasteiger partial charge in [0.05, 0.1) is 11.4 Å². The van der Waals surface area contributed by atoms with E-state index >= 15 is 0 Å². The maximum absolute atomic E-state index is 6.53. The number of rotatable bonds is 3. The Balaban J connectivity index is 1.53. The molecule has 3 heteroatoms. The second-order valence-corrected chi connectivity index (χ2v) is 9.84. The zero-order chi connectivity index (χ0) is 25.2. The van der Waals surface area contributed by atoms with Gasteiger partial charge in [-0.05, 0) is 48.9 Å². The molecule has 6 aromatic carbocycles. The third-order valence-corrected chi connectivity index (χ3v) is 7.49. The van der Waals surface area contributed by atoms with E-state index < -0.39 is 0 Å². The third-order valence-electron chi connectivity index (χ3n) is 7.49. The highest BCUT2D eigenvalue weighted by Gasteiger charge is 2.23. The van der Waals surface area contributed by atoms with Crippen molar-refractivity contribution in [1.29, 1.82) is 0 Å². The van der Waals surface area contributed by atoms with Gasteiger partial charge in [0.25, 0.3) is 0 Å². The van der Waals surface area contributed by atoms with Crippen molar-refractivity contribution in [3.63, 3.8) is 0 Å². The van der Waals surface area contributed by atoms with Crippen LogP contribution in [0.1, 0.15) is 5.56 Å². The van der Waals surface area contributed by atoms with Crippen LogP contribution < -0.4 is 4.90 Å². The van der Waals surface area contributed by atoms with Gasteiger partial charge in [-0.2, -0.15) is 0 Å². The molecule has 0 unspecified atom stereocenters. The van der Waals surface area contributed by atoms with Gasteiger partial charge >= 0.3 is 0 Å². The lowest BCUT2D eigenvalue weighted by Gasteiger charge is -2.27. The molecule has 3 nitrogen and oxygen atoms in total. The van der Waals surface area contributed by atoms with E-state index in [1.165, 1.54) is 5.56 Å². The second kappa shape index (κ2) is 7.99. The van der Waals surface area contributed by atoms with Crippen LogP contribution in [0.15, 0.2) is 130 Å². The number of aryl methyl sites for hydroxylation is 1.